The van der Waals surface area contributed by atoms with Gasteiger partial charge in [0.2, 0.25) is 0 Å². The summed E-state index contributed by atoms with van der Waals surface area (Å²) in [5.74, 6) is 0.282. The van der Waals surface area contributed by atoms with E-state index >= 15 is 0 Å². The van der Waals surface area contributed by atoms with Crippen LogP contribution in [0.3, 0.4) is 0 Å². The van der Waals surface area contributed by atoms with Gasteiger partial charge in [-0.15, -0.1) is 0 Å². The molecule has 1 aromatic rings. The number of nitrogens with zero attached hydrogens (tertiary/aromatic N) is 1. The Balaban J connectivity index is 0.000000461. The van der Waals surface area contributed by atoms with Gasteiger partial charge in [-0.1, -0.05) is 6.07 Å². The molecule has 1 aromatic carbocycles. The summed E-state index contributed by atoms with van der Waals surface area (Å²) in [6.45, 7) is 3.50. The number of halogens is 1. The van der Waals surface area contributed by atoms with Crippen LogP contribution < -0.4 is 4.74 Å². The molecule has 2 nitrogen and oxygen atoms in total. The van der Waals surface area contributed by atoms with E-state index in [2.05, 4.69) is 6.57 Å². The summed E-state index contributed by atoms with van der Waals surface area (Å²) in [4.78, 5) is 0. The fourth-order valence-corrected chi connectivity index (χ4v) is 0.594. The molecule has 0 atom stereocenters. The van der Waals surface area contributed by atoms with Gasteiger partial charge in [0, 0.05) is 12.6 Å². The Kier molecular flexibility index (Phi) is 4.50. The topological polar surface area (TPSA) is 33.0 Å². The first-order valence-electron chi connectivity index (χ1n) is 2.88. The molecular weight excluding hydrogens is 145 g/mol. The van der Waals surface area contributed by atoms with Gasteiger partial charge in [-0.05, 0) is 12.1 Å². The second-order valence-electron chi connectivity index (χ2n) is 1.66. The van der Waals surface area contributed by atoms with Crippen LogP contribution in [-0.2, 0) is 0 Å². The molecule has 0 aromatic heterocycles. The van der Waals surface area contributed by atoms with E-state index in [0.717, 1.165) is 0 Å². The minimum atomic E-state index is -0.269. The molecule has 0 saturated carbocycles. The molecule has 0 spiro atoms. The average Bonchev–Trinajstić information content (AvgIpc) is 2.08. The molecular formula is C8H8FNO. The monoisotopic (exact) mass is 153 g/mol. The second-order valence-corrected chi connectivity index (χ2v) is 1.66. The summed E-state index contributed by atoms with van der Waals surface area (Å²) in [7, 11) is 1.51. The van der Waals surface area contributed by atoms with Crippen molar-refractivity contribution in [1.82, 2.24) is 0 Å². The summed E-state index contributed by atoms with van der Waals surface area (Å²) in [6.07, 6.45) is 0. The van der Waals surface area contributed by atoms with Gasteiger partial charge in [0.05, 0.1) is 7.11 Å². The maximum atomic E-state index is 12.3. The van der Waals surface area contributed by atoms with Gasteiger partial charge < -0.3 is 4.74 Å². The fraction of sp³-hybridized carbons (Fsp3) is 0.125. The Morgan fingerprint density at radius 2 is 2.09 bits per heavy atom. The van der Waals surface area contributed by atoms with Gasteiger partial charge in [0.1, 0.15) is 11.6 Å². The largest absolute Gasteiger partial charge is 0.497 e. The Labute approximate surface area is 64.8 Å². The molecule has 58 valence electrons. The van der Waals surface area contributed by atoms with Crippen molar-refractivity contribution in [3.63, 3.8) is 0 Å². The summed E-state index contributed by atoms with van der Waals surface area (Å²) in [6, 6.07) is 6.01. The van der Waals surface area contributed by atoms with E-state index in [9.17, 15) is 4.39 Å². The minimum absolute atomic E-state index is 0.269. The maximum absolute atomic E-state index is 12.3. The highest BCUT2D eigenvalue weighted by Crippen LogP contribution is 2.09. The predicted octanol–water partition coefficient (Wildman–Crippen LogP) is 1.97. The van der Waals surface area contributed by atoms with Crippen LogP contribution in [0.25, 0.3) is 0 Å². The molecule has 0 aliphatic heterocycles. The van der Waals surface area contributed by atoms with E-state index in [1.165, 1.54) is 19.2 Å². The third kappa shape index (κ3) is 3.21. The SMILES string of the molecule is C#N.COc1cccc(F)c1. The quantitative estimate of drug-likeness (QED) is 0.618. The second kappa shape index (κ2) is 5.24. The zero-order valence-electron chi connectivity index (χ0n) is 6.12. The van der Waals surface area contributed by atoms with E-state index < -0.39 is 0 Å². The lowest BCUT2D eigenvalue weighted by atomic mass is 10.3. The molecule has 0 fully saturated rings. The number of methoxy groups -OCH3 is 1. The summed E-state index contributed by atoms with van der Waals surface area (Å²) in [5.41, 5.74) is 0. The van der Waals surface area contributed by atoms with Crippen LogP contribution in [-0.4, -0.2) is 7.11 Å². The molecule has 0 saturated heterocycles. The van der Waals surface area contributed by atoms with Gasteiger partial charge >= 0.3 is 0 Å². The van der Waals surface area contributed by atoms with E-state index in [0.29, 0.717) is 5.75 Å². The Bertz CT molecular complexity index is 235. The van der Waals surface area contributed by atoms with Crippen LogP contribution in [0, 0.1) is 17.7 Å². The molecule has 0 aliphatic rings. The number of hydrogen-bond donors (Lipinski definition) is 0. The number of benzene rings is 1. The molecule has 3 heteroatoms. The number of nitriles is 1. The predicted molar refractivity (Wildman–Crippen MR) is 39.6 cm³/mol. The van der Waals surface area contributed by atoms with Crippen molar-refractivity contribution in [2.45, 2.75) is 0 Å². The number of ether oxygens (including phenoxy) is 1. The average molecular weight is 153 g/mol. The third-order valence-corrected chi connectivity index (χ3v) is 1.03. The van der Waals surface area contributed by atoms with Crippen molar-refractivity contribution < 1.29 is 9.13 Å². The first kappa shape index (κ1) is 9.44. The van der Waals surface area contributed by atoms with Crippen molar-refractivity contribution in [2.24, 2.45) is 0 Å². The standard InChI is InChI=1S/C7H7FO.CHN/c1-9-7-4-2-3-6(8)5-7;1-2/h2-5H,1H3;1H. The van der Waals surface area contributed by atoms with Crippen molar-refractivity contribution in [3.05, 3.63) is 30.1 Å². The van der Waals surface area contributed by atoms with Crippen molar-refractivity contribution >= 4 is 0 Å². The van der Waals surface area contributed by atoms with Gasteiger partial charge in [0.25, 0.3) is 0 Å². The van der Waals surface area contributed by atoms with Crippen LogP contribution in [0.15, 0.2) is 24.3 Å². The maximum Gasteiger partial charge on any atom is 0.126 e. The van der Waals surface area contributed by atoms with Crippen LogP contribution in [0.1, 0.15) is 0 Å². The number of hydrogen-bond acceptors (Lipinski definition) is 2. The smallest absolute Gasteiger partial charge is 0.126 e. The van der Waals surface area contributed by atoms with E-state index in [4.69, 9.17) is 10.00 Å². The third-order valence-electron chi connectivity index (χ3n) is 1.03. The normalized spacial score (nSPS) is 7.64. The molecule has 0 N–H and O–H groups in total. The fourth-order valence-electron chi connectivity index (χ4n) is 0.594. The summed E-state index contributed by atoms with van der Waals surface area (Å²) in [5, 5.41) is 6.50. The van der Waals surface area contributed by atoms with Crippen molar-refractivity contribution in [1.29, 1.82) is 5.26 Å². The zero-order chi connectivity index (χ0) is 8.69. The zero-order valence-corrected chi connectivity index (χ0v) is 6.12. The molecule has 0 radical (unpaired) electrons. The molecule has 1 rings (SSSR count). The highest BCUT2D eigenvalue weighted by Gasteiger charge is 1.90. The molecule has 0 aliphatic carbocycles. The first-order chi connectivity index (χ1) is 5.33. The van der Waals surface area contributed by atoms with Crippen molar-refractivity contribution in [2.75, 3.05) is 7.11 Å². The Morgan fingerprint density at radius 3 is 2.45 bits per heavy atom. The summed E-state index contributed by atoms with van der Waals surface area (Å²) < 4.78 is 17.0. The molecule has 0 heterocycles. The lowest BCUT2D eigenvalue weighted by molar-refractivity contribution is 0.411. The van der Waals surface area contributed by atoms with Crippen LogP contribution in [0.5, 0.6) is 5.75 Å². The van der Waals surface area contributed by atoms with Crippen LogP contribution in [0.2, 0.25) is 0 Å². The molecule has 11 heavy (non-hydrogen) atoms. The minimum Gasteiger partial charge on any atom is -0.497 e. The van der Waals surface area contributed by atoms with Gasteiger partial charge in [-0.2, -0.15) is 0 Å². The molecule has 0 amide bonds. The van der Waals surface area contributed by atoms with E-state index in [-0.39, 0.29) is 5.82 Å². The highest BCUT2D eigenvalue weighted by atomic mass is 19.1. The van der Waals surface area contributed by atoms with Gasteiger partial charge in [-0.25, -0.2) is 9.65 Å². The number of rotatable bonds is 1. The molecule has 0 unspecified atom stereocenters. The summed E-state index contributed by atoms with van der Waals surface area (Å²) >= 11 is 0. The van der Waals surface area contributed by atoms with E-state index in [1.54, 1.807) is 12.1 Å². The lowest BCUT2D eigenvalue weighted by Gasteiger charge is -1.95. The van der Waals surface area contributed by atoms with Gasteiger partial charge in [0.15, 0.2) is 0 Å². The van der Waals surface area contributed by atoms with Gasteiger partial charge in [-0.3, -0.25) is 0 Å². The Hall–Kier alpha value is -1.56. The van der Waals surface area contributed by atoms with Crippen molar-refractivity contribution in [3.8, 4) is 12.3 Å². The Morgan fingerprint density at radius 1 is 1.45 bits per heavy atom. The van der Waals surface area contributed by atoms with Crippen LogP contribution in [0.4, 0.5) is 4.39 Å². The first-order valence-corrected chi connectivity index (χ1v) is 2.88. The molecule has 0 bridgehead atoms. The van der Waals surface area contributed by atoms with E-state index in [1.807, 2.05) is 0 Å². The van der Waals surface area contributed by atoms with Crippen LogP contribution >= 0.6 is 0 Å². The lowest BCUT2D eigenvalue weighted by Crippen LogP contribution is -1.81. The highest BCUT2D eigenvalue weighted by molar-refractivity contribution is 5.21.